The number of hydrogen-bond donors (Lipinski definition) is 1. The molecule has 1 atom stereocenters. The molecule has 2 saturated heterocycles. The van der Waals surface area contributed by atoms with E-state index in [1.54, 1.807) is 0 Å². The van der Waals surface area contributed by atoms with Gasteiger partial charge in [0.05, 0.1) is 0 Å². The predicted octanol–water partition coefficient (Wildman–Crippen LogP) is 2.63. The lowest BCUT2D eigenvalue weighted by molar-refractivity contribution is 0.208. The largest absolute Gasteiger partial charge is 0.316 e. The van der Waals surface area contributed by atoms with Gasteiger partial charge in [-0.3, -0.25) is 0 Å². The summed E-state index contributed by atoms with van der Waals surface area (Å²) in [6.45, 7) is 10.1. The Hall–Kier alpha value is -0.900. The van der Waals surface area contributed by atoms with E-state index in [9.17, 15) is 0 Å². The van der Waals surface area contributed by atoms with E-state index in [0.717, 1.165) is 5.92 Å². The van der Waals surface area contributed by atoms with Crippen LogP contribution in [-0.4, -0.2) is 62.2 Å². The molecule has 23 heavy (non-hydrogen) atoms. The van der Waals surface area contributed by atoms with Crippen LogP contribution in [0.5, 0.6) is 0 Å². The first-order valence-electron chi connectivity index (χ1n) is 9.59. The quantitative estimate of drug-likeness (QED) is 0.870. The highest BCUT2D eigenvalue weighted by Crippen LogP contribution is 2.14. The molecule has 1 aromatic rings. The number of rotatable bonds is 6. The second-order valence-electron chi connectivity index (χ2n) is 7.30. The molecule has 2 heterocycles. The minimum absolute atomic E-state index is 0.883. The maximum Gasteiger partial charge on any atom is 0.0109 e. The Balaban J connectivity index is 1.34. The second kappa shape index (κ2) is 9.41. The Morgan fingerprint density at radius 2 is 1.78 bits per heavy atom. The number of hydrogen-bond acceptors (Lipinski definition) is 3. The Bertz CT molecular complexity index is 428. The molecule has 0 amide bonds. The molecule has 0 spiro atoms. The smallest absolute Gasteiger partial charge is 0.0109 e. The van der Waals surface area contributed by atoms with E-state index in [-0.39, 0.29) is 0 Å². The fraction of sp³-hybridized carbons (Fsp3) is 0.700. The number of piperidine rings is 1. The summed E-state index contributed by atoms with van der Waals surface area (Å²) < 4.78 is 0. The molecule has 3 heteroatoms. The van der Waals surface area contributed by atoms with Crippen LogP contribution in [0.15, 0.2) is 30.3 Å². The van der Waals surface area contributed by atoms with Gasteiger partial charge in [0.15, 0.2) is 0 Å². The topological polar surface area (TPSA) is 18.5 Å². The van der Waals surface area contributed by atoms with E-state index in [1.807, 2.05) is 0 Å². The third-order valence-corrected chi connectivity index (χ3v) is 5.38. The highest BCUT2D eigenvalue weighted by atomic mass is 15.2. The number of nitrogens with zero attached hydrogens (tertiary/aromatic N) is 2. The summed E-state index contributed by atoms with van der Waals surface area (Å²) in [5, 5.41) is 3.56. The highest BCUT2D eigenvalue weighted by molar-refractivity contribution is 5.14. The van der Waals surface area contributed by atoms with Gasteiger partial charge in [0, 0.05) is 19.6 Å². The zero-order valence-electron chi connectivity index (χ0n) is 14.6. The first-order chi connectivity index (χ1) is 11.4. The van der Waals surface area contributed by atoms with Gasteiger partial charge in [-0.25, -0.2) is 0 Å². The average molecular weight is 316 g/mol. The lowest BCUT2D eigenvalue weighted by atomic mass is 9.99. The molecule has 2 aliphatic rings. The van der Waals surface area contributed by atoms with Crippen molar-refractivity contribution in [2.24, 2.45) is 5.92 Å². The third kappa shape index (κ3) is 5.91. The van der Waals surface area contributed by atoms with Crippen LogP contribution in [0.4, 0.5) is 0 Å². The van der Waals surface area contributed by atoms with Crippen LogP contribution in [-0.2, 0) is 6.42 Å². The molecule has 2 fully saturated rings. The van der Waals surface area contributed by atoms with Crippen LogP contribution in [0.1, 0.15) is 31.2 Å². The Kier molecular flexibility index (Phi) is 6.93. The molecule has 2 aliphatic heterocycles. The predicted molar refractivity (Wildman–Crippen MR) is 97.9 cm³/mol. The summed E-state index contributed by atoms with van der Waals surface area (Å²) in [7, 11) is 0. The van der Waals surface area contributed by atoms with Crippen molar-refractivity contribution < 1.29 is 0 Å². The molecule has 1 aromatic carbocycles. The van der Waals surface area contributed by atoms with Gasteiger partial charge in [0.25, 0.3) is 0 Å². The molecule has 0 radical (unpaired) electrons. The molecule has 0 aliphatic carbocycles. The van der Waals surface area contributed by atoms with Crippen LogP contribution >= 0.6 is 0 Å². The van der Waals surface area contributed by atoms with Gasteiger partial charge in [-0.2, -0.15) is 0 Å². The van der Waals surface area contributed by atoms with Crippen molar-refractivity contribution in [3.63, 3.8) is 0 Å². The standard InChI is InChI=1S/C20H33N3/c1-2-7-19(8-3-1)10-5-12-22-13-6-14-23(16-15-22)18-20-9-4-11-21-17-20/h1-3,7-8,20-21H,4-6,9-18H2/t20-/m1/s1. The number of nitrogens with one attached hydrogen (secondary N) is 1. The molecule has 0 aromatic heterocycles. The van der Waals surface area contributed by atoms with Crippen molar-refractivity contribution in [3.05, 3.63) is 35.9 Å². The zero-order valence-corrected chi connectivity index (χ0v) is 14.6. The van der Waals surface area contributed by atoms with Crippen molar-refractivity contribution in [2.75, 3.05) is 52.4 Å². The summed E-state index contributed by atoms with van der Waals surface area (Å²) in [6, 6.07) is 10.9. The minimum Gasteiger partial charge on any atom is -0.316 e. The van der Waals surface area contributed by atoms with Gasteiger partial charge in [-0.05, 0) is 76.3 Å². The lowest BCUT2D eigenvalue weighted by Crippen LogP contribution is -2.39. The average Bonchev–Trinajstić information content (AvgIpc) is 2.82. The number of aryl methyl sites for hydroxylation is 1. The van der Waals surface area contributed by atoms with Crippen molar-refractivity contribution in [3.8, 4) is 0 Å². The zero-order chi connectivity index (χ0) is 15.7. The molecule has 1 N–H and O–H groups in total. The Morgan fingerprint density at radius 3 is 2.61 bits per heavy atom. The van der Waals surface area contributed by atoms with Gasteiger partial charge in [-0.15, -0.1) is 0 Å². The van der Waals surface area contributed by atoms with Crippen LogP contribution in [0, 0.1) is 5.92 Å². The molecule has 3 rings (SSSR count). The molecule has 128 valence electrons. The fourth-order valence-corrected chi connectivity index (χ4v) is 4.03. The van der Waals surface area contributed by atoms with E-state index < -0.39 is 0 Å². The molecule has 0 bridgehead atoms. The second-order valence-corrected chi connectivity index (χ2v) is 7.30. The molecular weight excluding hydrogens is 282 g/mol. The SMILES string of the molecule is c1ccc(CCCN2CCCN(C[C@@H]3CCCNC3)CC2)cc1. The van der Waals surface area contributed by atoms with E-state index in [2.05, 4.69) is 45.4 Å². The Morgan fingerprint density at radius 1 is 0.957 bits per heavy atom. The fourth-order valence-electron chi connectivity index (χ4n) is 4.03. The van der Waals surface area contributed by atoms with Gasteiger partial charge in [0.1, 0.15) is 0 Å². The van der Waals surface area contributed by atoms with E-state index in [4.69, 9.17) is 0 Å². The van der Waals surface area contributed by atoms with Gasteiger partial charge in [0.2, 0.25) is 0 Å². The summed E-state index contributed by atoms with van der Waals surface area (Å²) in [5.41, 5.74) is 1.48. The van der Waals surface area contributed by atoms with Crippen molar-refractivity contribution in [1.82, 2.24) is 15.1 Å². The normalized spacial score (nSPS) is 24.4. The van der Waals surface area contributed by atoms with Crippen LogP contribution in [0.3, 0.4) is 0 Å². The molecule has 0 saturated carbocycles. The molecule has 0 unspecified atom stereocenters. The van der Waals surface area contributed by atoms with Gasteiger partial charge in [-0.1, -0.05) is 30.3 Å². The minimum atomic E-state index is 0.883. The van der Waals surface area contributed by atoms with E-state index >= 15 is 0 Å². The highest BCUT2D eigenvalue weighted by Gasteiger charge is 2.19. The van der Waals surface area contributed by atoms with E-state index in [0.29, 0.717) is 0 Å². The van der Waals surface area contributed by atoms with E-state index in [1.165, 1.54) is 90.0 Å². The van der Waals surface area contributed by atoms with Crippen molar-refractivity contribution in [2.45, 2.75) is 32.1 Å². The first-order valence-corrected chi connectivity index (χ1v) is 9.59. The van der Waals surface area contributed by atoms with Crippen molar-refractivity contribution >= 4 is 0 Å². The summed E-state index contributed by atoms with van der Waals surface area (Å²) in [4.78, 5) is 5.40. The van der Waals surface area contributed by atoms with Crippen LogP contribution in [0.25, 0.3) is 0 Å². The van der Waals surface area contributed by atoms with Crippen LogP contribution < -0.4 is 5.32 Å². The summed E-state index contributed by atoms with van der Waals surface area (Å²) in [6.07, 6.45) is 6.63. The van der Waals surface area contributed by atoms with Crippen LogP contribution in [0.2, 0.25) is 0 Å². The maximum atomic E-state index is 3.56. The molecule has 3 nitrogen and oxygen atoms in total. The lowest BCUT2D eigenvalue weighted by Gasteiger charge is -2.29. The maximum absolute atomic E-state index is 3.56. The summed E-state index contributed by atoms with van der Waals surface area (Å²) in [5.74, 6) is 0.883. The van der Waals surface area contributed by atoms with Gasteiger partial charge < -0.3 is 15.1 Å². The Labute approximate surface area is 142 Å². The van der Waals surface area contributed by atoms with Crippen molar-refractivity contribution in [1.29, 1.82) is 0 Å². The molecular formula is C20H33N3. The van der Waals surface area contributed by atoms with Gasteiger partial charge >= 0.3 is 0 Å². The first kappa shape index (κ1) is 16.9. The number of benzene rings is 1. The monoisotopic (exact) mass is 315 g/mol. The third-order valence-electron chi connectivity index (χ3n) is 5.38. The summed E-state index contributed by atoms with van der Waals surface area (Å²) >= 11 is 0.